The van der Waals surface area contributed by atoms with Crippen molar-refractivity contribution in [2.75, 3.05) is 13.2 Å². The molecule has 0 rings (SSSR count). The zero-order chi connectivity index (χ0) is 52.9. The highest BCUT2D eigenvalue weighted by molar-refractivity contribution is 5.71. The predicted octanol–water partition coefficient (Wildman–Crippen LogP) is 19.8. The van der Waals surface area contributed by atoms with Crippen LogP contribution in [0.15, 0.2) is 158 Å². The second kappa shape index (κ2) is 59.6. The van der Waals surface area contributed by atoms with Gasteiger partial charge in [-0.1, -0.05) is 224 Å². The summed E-state index contributed by atoms with van der Waals surface area (Å²) in [5.74, 6) is -1.03. The molecule has 0 bridgehead atoms. The number of hydrogen-bond acceptors (Lipinski definition) is 6. The Hall–Kier alpha value is -4.97. The Bertz CT molecular complexity index is 1670. The van der Waals surface area contributed by atoms with Crippen molar-refractivity contribution in [1.82, 2.24) is 0 Å². The van der Waals surface area contributed by atoms with Crippen molar-refractivity contribution in [1.29, 1.82) is 0 Å². The van der Waals surface area contributed by atoms with Crippen LogP contribution in [0.5, 0.6) is 0 Å². The molecule has 0 saturated heterocycles. The van der Waals surface area contributed by atoms with Crippen LogP contribution in [0, 0.1) is 0 Å². The van der Waals surface area contributed by atoms with Crippen LogP contribution >= 0.6 is 0 Å². The van der Waals surface area contributed by atoms with Crippen LogP contribution in [0.3, 0.4) is 0 Å². The average molecular weight is 1010 g/mol. The molecule has 0 saturated carbocycles. The summed E-state index contributed by atoms with van der Waals surface area (Å²) in [5, 5.41) is 0. The quantitative estimate of drug-likeness (QED) is 0.0261. The van der Waals surface area contributed by atoms with Gasteiger partial charge in [0.05, 0.1) is 0 Å². The molecule has 0 radical (unpaired) electrons. The minimum atomic E-state index is -0.833. The number of unbranched alkanes of at least 4 members (excludes halogenated alkanes) is 13. The van der Waals surface area contributed by atoms with Crippen molar-refractivity contribution >= 4 is 17.9 Å². The van der Waals surface area contributed by atoms with Crippen molar-refractivity contribution in [2.45, 2.75) is 232 Å². The molecule has 408 valence electrons. The molecule has 6 nitrogen and oxygen atoms in total. The molecule has 0 aromatic rings. The van der Waals surface area contributed by atoms with Crippen LogP contribution in [-0.4, -0.2) is 37.2 Å². The van der Waals surface area contributed by atoms with Gasteiger partial charge in [0.2, 0.25) is 0 Å². The summed E-state index contributed by atoms with van der Waals surface area (Å²) in [5.41, 5.74) is 0. The van der Waals surface area contributed by atoms with Gasteiger partial charge in [0.25, 0.3) is 0 Å². The van der Waals surface area contributed by atoms with Gasteiger partial charge in [-0.3, -0.25) is 14.4 Å². The molecular formula is C67H104O6. The average Bonchev–Trinajstić information content (AvgIpc) is 3.39. The van der Waals surface area contributed by atoms with Crippen molar-refractivity contribution in [3.8, 4) is 0 Å². The summed E-state index contributed by atoms with van der Waals surface area (Å²) in [7, 11) is 0. The van der Waals surface area contributed by atoms with Crippen LogP contribution < -0.4 is 0 Å². The van der Waals surface area contributed by atoms with Gasteiger partial charge in [-0.05, 0) is 141 Å². The standard InChI is InChI=1S/C67H104O6/c1-4-7-10-13-16-19-22-25-28-30-31-32-33-34-35-37-39-42-45-48-51-54-57-60-66(69)72-63-64(62-71-65(68)59-56-53-50-47-44-41-38-27-24-21-18-15-12-9-6-3)73-67(70)61-58-55-52-49-46-43-40-36-29-26-23-20-17-14-11-8-5-2/h7-8,10-11,16-21,25-29,31-32,34-35,38-40,42-43,49,52,64H,4-6,9,12-15,22-24,30,33,36-37,41,44-48,50-51,53-63H2,1-3H3/b10-7-,11-8-,19-16-,20-17-,21-18-,28-25-,29-26-,32-31-,35-34-,38-27-,42-39-,43-40-,52-49-. The molecule has 73 heavy (non-hydrogen) atoms. The van der Waals surface area contributed by atoms with E-state index >= 15 is 0 Å². The Labute approximate surface area is 448 Å². The lowest BCUT2D eigenvalue weighted by molar-refractivity contribution is -0.167. The first-order valence-electron chi connectivity index (χ1n) is 29.0. The van der Waals surface area contributed by atoms with Crippen LogP contribution in [0.4, 0.5) is 0 Å². The largest absolute Gasteiger partial charge is 0.462 e. The van der Waals surface area contributed by atoms with Gasteiger partial charge in [-0.2, -0.15) is 0 Å². The van der Waals surface area contributed by atoms with Crippen LogP contribution in [0.25, 0.3) is 0 Å². The molecular weight excluding hydrogens is 901 g/mol. The fourth-order valence-corrected chi connectivity index (χ4v) is 7.22. The lowest BCUT2D eigenvalue weighted by Gasteiger charge is -2.18. The Morgan fingerprint density at radius 3 is 0.877 bits per heavy atom. The first-order valence-corrected chi connectivity index (χ1v) is 29.0. The molecule has 0 fully saturated rings. The normalized spacial score (nSPS) is 13.3. The zero-order valence-electron chi connectivity index (χ0n) is 46.6. The lowest BCUT2D eigenvalue weighted by atomic mass is 10.1. The molecule has 1 unspecified atom stereocenters. The second-order valence-electron chi connectivity index (χ2n) is 18.4. The fourth-order valence-electron chi connectivity index (χ4n) is 7.22. The maximum atomic E-state index is 12.8. The highest BCUT2D eigenvalue weighted by atomic mass is 16.6. The number of allylic oxidation sites excluding steroid dienone is 26. The Morgan fingerprint density at radius 2 is 0.548 bits per heavy atom. The van der Waals surface area contributed by atoms with E-state index in [4.69, 9.17) is 14.2 Å². The van der Waals surface area contributed by atoms with E-state index in [1.807, 2.05) is 0 Å². The van der Waals surface area contributed by atoms with Crippen molar-refractivity contribution < 1.29 is 28.6 Å². The molecule has 0 aliphatic heterocycles. The third-order valence-electron chi connectivity index (χ3n) is 11.5. The number of esters is 3. The summed E-state index contributed by atoms with van der Waals surface area (Å²) in [4.78, 5) is 38.2. The van der Waals surface area contributed by atoms with Crippen LogP contribution in [0.2, 0.25) is 0 Å². The summed E-state index contributed by atoms with van der Waals surface area (Å²) in [6.45, 7) is 6.29. The van der Waals surface area contributed by atoms with Gasteiger partial charge < -0.3 is 14.2 Å². The molecule has 0 aromatic carbocycles. The molecule has 0 spiro atoms. The highest BCUT2D eigenvalue weighted by Gasteiger charge is 2.19. The fraction of sp³-hybridized carbons (Fsp3) is 0.567. The van der Waals surface area contributed by atoms with E-state index < -0.39 is 6.10 Å². The minimum absolute atomic E-state index is 0.124. The lowest BCUT2D eigenvalue weighted by Crippen LogP contribution is -2.30. The Morgan fingerprint density at radius 1 is 0.288 bits per heavy atom. The second-order valence-corrected chi connectivity index (χ2v) is 18.4. The topological polar surface area (TPSA) is 78.9 Å². The van der Waals surface area contributed by atoms with Crippen LogP contribution in [0.1, 0.15) is 226 Å². The molecule has 0 amide bonds. The smallest absolute Gasteiger partial charge is 0.306 e. The SMILES string of the molecule is CC/C=C\C/C=C\C/C=C\C/C=C\C/C=C\C/C=C\CCCCCCC(=O)OCC(COC(=O)CCCCCCC/C=C\C/C=C\CCCCC)OC(=O)CCC/C=C\C/C=C\C/C=C\C/C=C\C/C=C\CC. The minimum Gasteiger partial charge on any atom is -0.462 e. The Kier molecular flexibility index (Phi) is 55.5. The maximum absolute atomic E-state index is 12.8. The molecule has 0 aliphatic rings. The number of rotatable bonds is 50. The number of hydrogen-bond donors (Lipinski definition) is 0. The monoisotopic (exact) mass is 1000 g/mol. The summed E-state index contributed by atoms with van der Waals surface area (Å²) in [6, 6.07) is 0. The zero-order valence-corrected chi connectivity index (χ0v) is 46.6. The van der Waals surface area contributed by atoms with E-state index in [1.165, 1.54) is 25.7 Å². The maximum Gasteiger partial charge on any atom is 0.306 e. The van der Waals surface area contributed by atoms with E-state index in [1.54, 1.807) is 0 Å². The van der Waals surface area contributed by atoms with Gasteiger partial charge in [-0.15, -0.1) is 0 Å². The predicted molar refractivity (Wildman–Crippen MR) is 315 cm³/mol. The molecule has 6 heteroatoms. The molecule has 0 heterocycles. The van der Waals surface area contributed by atoms with Crippen molar-refractivity contribution in [3.63, 3.8) is 0 Å². The molecule has 0 aliphatic carbocycles. The third kappa shape index (κ3) is 57.8. The van der Waals surface area contributed by atoms with E-state index in [9.17, 15) is 14.4 Å². The molecule has 1 atom stereocenters. The van der Waals surface area contributed by atoms with Gasteiger partial charge >= 0.3 is 17.9 Å². The molecule has 0 aromatic heterocycles. The van der Waals surface area contributed by atoms with Gasteiger partial charge in [0, 0.05) is 19.3 Å². The van der Waals surface area contributed by atoms with Gasteiger partial charge in [0.1, 0.15) is 13.2 Å². The number of carbonyl (C=O) groups is 3. The van der Waals surface area contributed by atoms with Crippen molar-refractivity contribution in [2.24, 2.45) is 0 Å². The highest BCUT2D eigenvalue weighted by Crippen LogP contribution is 2.12. The van der Waals surface area contributed by atoms with E-state index in [0.29, 0.717) is 19.3 Å². The van der Waals surface area contributed by atoms with Crippen LogP contribution in [-0.2, 0) is 28.6 Å². The Balaban J connectivity index is 4.56. The number of carbonyl (C=O) groups excluding carboxylic acids is 3. The summed E-state index contributed by atoms with van der Waals surface area (Å²) in [6.07, 6.45) is 86.6. The van der Waals surface area contributed by atoms with E-state index in [2.05, 4.69) is 179 Å². The van der Waals surface area contributed by atoms with E-state index in [0.717, 1.165) is 154 Å². The first-order chi connectivity index (χ1) is 36.0. The number of ether oxygens (including phenoxy) is 3. The first kappa shape index (κ1) is 68.0. The van der Waals surface area contributed by atoms with Gasteiger partial charge in [0.15, 0.2) is 6.10 Å². The summed E-state index contributed by atoms with van der Waals surface area (Å²) >= 11 is 0. The van der Waals surface area contributed by atoms with E-state index in [-0.39, 0.29) is 37.5 Å². The third-order valence-corrected chi connectivity index (χ3v) is 11.5. The molecule has 0 N–H and O–H groups in total. The van der Waals surface area contributed by atoms with Gasteiger partial charge in [-0.25, -0.2) is 0 Å². The van der Waals surface area contributed by atoms with Crippen molar-refractivity contribution in [3.05, 3.63) is 158 Å². The summed E-state index contributed by atoms with van der Waals surface area (Å²) < 4.78 is 16.8.